The zero-order valence-corrected chi connectivity index (χ0v) is 15.9. The van der Waals surface area contributed by atoms with Gasteiger partial charge in [0, 0.05) is 25.2 Å². The van der Waals surface area contributed by atoms with E-state index in [1.807, 2.05) is 24.3 Å². The molecule has 0 aliphatic rings. The van der Waals surface area contributed by atoms with Crippen LogP contribution in [0.5, 0.6) is 11.5 Å². The number of guanidine groups is 1. The number of ether oxygens (including phenoxy) is 2. The summed E-state index contributed by atoms with van der Waals surface area (Å²) in [6, 6.07) is 12.5. The molecule has 0 spiro atoms. The number of benzene rings is 2. The molecule has 2 rings (SSSR count). The Morgan fingerprint density at radius 1 is 1.11 bits per heavy atom. The van der Waals surface area contributed by atoms with Crippen molar-refractivity contribution in [3.05, 3.63) is 58.6 Å². The third-order valence-corrected chi connectivity index (χ3v) is 3.96. The molecule has 0 unspecified atom stereocenters. The number of methoxy groups -OCH3 is 1. The van der Waals surface area contributed by atoms with Gasteiger partial charge in [-0.3, -0.25) is 4.99 Å². The molecule has 0 aliphatic carbocycles. The number of hydrogen-bond acceptors (Lipinski definition) is 3. The second-order valence-electron chi connectivity index (χ2n) is 5.60. The van der Waals surface area contributed by atoms with Crippen LogP contribution in [-0.4, -0.2) is 33.3 Å². The third kappa shape index (κ3) is 6.94. The molecule has 0 amide bonds. The highest BCUT2D eigenvalue weighted by atomic mass is 35.5. The largest absolute Gasteiger partial charge is 0.493 e. The minimum atomic E-state index is -2.90. The summed E-state index contributed by atoms with van der Waals surface area (Å²) in [6.07, 6.45) is 0.599. The van der Waals surface area contributed by atoms with E-state index in [4.69, 9.17) is 16.3 Å². The Kier molecular flexibility index (Phi) is 8.13. The van der Waals surface area contributed by atoms with Gasteiger partial charge in [0.05, 0.1) is 7.11 Å². The van der Waals surface area contributed by atoms with E-state index < -0.39 is 6.61 Å². The van der Waals surface area contributed by atoms with Gasteiger partial charge in [0.15, 0.2) is 17.5 Å². The maximum absolute atomic E-state index is 12.5. The van der Waals surface area contributed by atoms with E-state index >= 15 is 0 Å². The molecule has 2 aromatic carbocycles. The highest BCUT2D eigenvalue weighted by Gasteiger charge is 2.11. The van der Waals surface area contributed by atoms with E-state index in [2.05, 4.69) is 20.4 Å². The van der Waals surface area contributed by atoms with E-state index in [1.165, 1.54) is 7.11 Å². The molecule has 0 aromatic heterocycles. The van der Waals surface area contributed by atoms with Crippen LogP contribution in [0.4, 0.5) is 8.78 Å². The fourth-order valence-corrected chi connectivity index (χ4v) is 2.66. The van der Waals surface area contributed by atoms with Crippen LogP contribution in [0.3, 0.4) is 0 Å². The van der Waals surface area contributed by atoms with E-state index in [0.717, 1.165) is 11.1 Å². The van der Waals surface area contributed by atoms with Gasteiger partial charge in [-0.15, -0.1) is 0 Å². The predicted octanol–water partition coefficient (Wildman–Crippen LogP) is 3.86. The van der Waals surface area contributed by atoms with Crippen molar-refractivity contribution in [1.29, 1.82) is 0 Å². The van der Waals surface area contributed by atoms with Gasteiger partial charge in [0.2, 0.25) is 0 Å². The Morgan fingerprint density at radius 2 is 1.93 bits per heavy atom. The van der Waals surface area contributed by atoms with Crippen LogP contribution in [0.1, 0.15) is 11.1 Å². The quantitative estimate of drug-likeness (QED) is 0.524. The van der Waals surface area contributed by atoms with Crippen LogP contribution >= 0.6 is 11.6 Å². The predicted molar refractivity (Wildman–Crippen MR) is 103 cm³/mol. The number of rotatable bonds is 8. The standard InChI is InChI=1S/C19H22ClF2N3O2/c1-23-19(25-12-14-4-3-5-15(20)10-14)24-9-8-13-6-7-16(26-2)17(11-13)27-18(21)22/h3-7,10-11,18H,8-9,12H2,1-2H3,(H2,23,24,25). The molecule has 0 saturated heterocycles. The molecule has 0 bridgehead atoms. The Labute approximate surface area is 162 Å². The first-order valence-electron chi connectivity index (χ1n) is 8.32. The second kappa shape index (κ2) is 10.6. The van der Waals surface area contributed by atoms with E-state index in [0.29, 0.717) is 30.5 Å². The van der Waals surface area contributed by atoms with Gasteiger partial charge < -0.3 is 20.1 Å². The summed E-state index contributed by atoms with van der Waals surface area (Å²) in [5, 5.41) is 7.05. The number of aliphatic imine (C=N–C) groups is 1. The lowest BCUT2D eigenvalue weighted by atomic mass is 10.1. The van der Waals surface area contributed by atoms with Crippen LogP contribution in [0, 0.1) is 0 Å². The van der Waals surface area contributed by atoms with Crippen molar-refractivity contribution < 1.29 is 18.3 Å². The van der Waals surface area contributed by atoms with Gasteiger partial charge in [-0.05, 0) is 41.8 Å². The fourth-order valence-electron chi connectivity index (χ4n) is 2.44. The highest BCUT2D eigenvalue weighted by Crippen LogP contribution is 2.29. The molecule has 2 aromatic rings. The summed E-state index contributed by atoms with van der Waals surface area (Å²) < 4.78 is 34.5. The zero-order valence-electron chi connectivity index (χ0n) is 15.1. The molecular weight excluding hydrogens is 376 g/mol. The summed E-state index contributed by atoms with van der Waals surface area (Å²) in [4.78, 5) is 4.16. The van der Waals surface area contributed by atoms with E-state index in [1.54, 1.807) is 25.2 Å². The molecule has 0 atom stereocenters. The summed E-state index contributed by atoms with van der Waals surface area (Å²) in [5.74, 6) is 0.923. The number of halogens is 3. The number of nitrogens with one attached hydrogen (secondary N) is 2. The van der Waals surface area contributed by atoms with E-state index in [-0.39, 0.29) is 11.5 Å². The summed E-state index contributed by atoms with van der Waals surface area (Å²) in [5.41, 5.74) is 1.87. The van der Waals surface area contributed by atoms with Crippen molar-refractivity contribution in [2.45, 2.75) is 19.6 Å². The zero-order chi connectivity index (χ0) is 19.6. The van der Waals surface area contributed by atoms with E-state index in [9.17, 15) is 8.78 Å². The highest BCUT2D eigenvalue weighted by molar-refractivity contribution is 6.30. The van der Waals surface area contributed by atoms with Gasteiger partial charge in [-0.2, -0.15) is 8.78 Å². The smallest absolute Gasteiger partial charge is 0.387 e. The van der Waals surface area contributed by atoms with Crippen molar-refractivity contribution in [3.63, 3.8) is 0 Å². The SMILES string of the molecule is CN=C(NCCc1ccc(OC)c(OC(F)F)c1)NCc1cccc(Cl)c1. The van der Waals surface area contributed by atoms with Crippen LogP contribution in [0.25, 0.3) is 0 Å². The Balaban J connectivity index is 1.86. The molecule has 0 saturated carbocycles. The van der Waals surface area contributed by atoms with Crippen molar-refractivity contribution >= 4 is 17.6 Å². The molecule has 8 heteroatoms. The Morgan fingerprint density at radius 3 is 2.59 bits per heavy atom. The summed E-state index contributed by atoms with van der Waals surface area (Å²) >= 11 is 5.97. The number of alkyl halides is 2. The van der Waals surface area contributed by atoms with Crippen molar-refractivity contribution in [1.82, 2.24) is 10.6 Å². The average Bonchev–Trinajstić information content (AvgIpc) is 2.64. The maximum Gasteiger partial charge on any atom is 0.387 e. The maximum atomic E-state index is 12.5. The van der Waals surface area contributed by atoms with Gasteiger partial charge in [-0.1, -0.05) is 29.8 Å². The first-order chi connectivity index (χ1) is 13.0. The molecule has 0 heterocycles. The topological polar surface area (TPSA) is 54.9 Å². The first-order valence-corrected chi connectivity index (χ1v) is 8.70. The van der Waals surface area contributed by atoms with Gasteiger partial charge in [0.1, 0.15) is 0 Å². The van der Waals surface area contributed by atoms with Gasteiger partial charge >= 0.3 is 6.61 Å². The average molecular weight is 398 g/mol. The first kappa shape index (κ1) is 20.8. The van der Waals surface area contributed by atoms with Crippen molar-refractivity contribution in [2.24, 2.45) is 4.99 Å². The van der Waals surface area contributed by atoms with Crippen LogP contribution in [0.2, 0.25) is 5.02 Å². The van der Waals surface area contributed by atoms with Crippen LogP contribution < -0.4 is 20.1 Å². The monoisotopic (exact) mass is 397 g/mol. The lowest BCUT2D eigenvalue weighted by molar-refractivity contribution is -0.0512. The molecule has 0 aliphatic heterocycles. The second-order valence-corrected chi connectivity index (χ2v) is 6.03. The molecule has 0 fully saturated rings. The summed E-state index contributed by atoms with van der Waals surface area (Å²) in [6.45, 7) is -1.76. The van der Waals surface area contributed by atoms with Gasteiger partial charge in [0.25, 0.3) is 0 Å². The third-order valence-electron chi connectivity index (χ3n) is 3.72. The molecule has 5 nitrogen and oxygen atoms in total. The molecular formula is C19H22ClF2N3O2. The summed E-state index contributed by atoms with van der Waals surface area (Å²) in [7, 11) is 3.08. The molecule has 2 N–H and O–H groups in total. The Bertz CT molecular complexity index is 772. The number of nitrogens with zero attached hydrogens (tertiary/aromatic N) is 1. The van der Waals surface area contributed by atoms with Crippen LogP contribution in [0.15, 0.2) is 47.5 Å². The normalized spacial score (nSPS) is 11.4. The molecule has 0 radical (unpaired) electrons. The Hall–Kier alpha value is -2.54. The minimum Gasteiger partial charge on any atom is -0.493 e. The fraction of sp³-hybridized carbons (Fsp3) is 0.316. The lowest BCUT2D eigenvalue weighted by Crippen LogP contribution is -2.37. The lowest BCUT2D eigenvalue weighted by Gasteiger charge is -2.14. The van der Waals surface area contributed by atoms with Crippen molar-refractivity contribution in [2.75, 3.05) is 20.7 Å². The molecule has 27 heavy (non-hydrogen) atoms. The van der Waals surface area contributed by atoms with Gasteiger partial charge in [-0.25, -0.2) is 0 Å². The molecule has 146 valence electrons. The van der Waals surface area contributed by atoms with Crippen molar-refractivity contribution in [3.8, 4) is 11.5 Å². The van der Waals surface area contributed by atoms with Crippen LogP contribution in [-0.2, 0) is 13.0 Å². The number of hydrogen-bond donors (Lipinski definition) is 2. The minimum absolute atomic E-state index is 0.0217.